The van der Waals surface area contributed by atoms with Gasteiger partial charge in [0.15, 0.2) is 5.78 Å². The Morgan fingerprint density at radius 3 is 2.57 bits per heavy atom. The van der Waals surface area contributed by atoms with Crippen LogP contribution in [0.15, 0.2) is 60.8 Å². The first-order valence-corrected chi connectivity index (χ1v) is 6.88. The Kier molecular flexibility index (Phi) is 3.57. The highest BCUT2D eigenvalue weighted by molar-refractivity contribution is 5.94. The molecule has 0 spiro atoms. The molecule has 0 aliphatic rings. The zero-order valence-electron chi connectivity index (χ0n) is 11.8. The van der Waals surface area contributed by atoms with Gasteiger partial charge in [-0.2, -0.15) is 0 Å². The van der Waals surface area contributed by atoms with Crippen molar-refractivity contribution in [1.82, 2.24) is 4.57 Å². The number of para-hydroxylation sites is 1. The summed E-state index contributed by atoms with van der Waals surface area (Å²) >= 11 is 0. The minimum Gasteiger partial charge on any atom is -0.336 e. The molecule has 21 heavy (non-hydrogen) atoms. The highest BCUT2D eigenvalue weighted by Crippen LogP contribution is 2.14. The van der Waals surface area contributed by atoms with E-state index in [0.717, 1.165) is 11.1 Å². The second kappa shape index (κ2) is 5.68. The van der Waals surface area contributed by atoms with Crippen molar-refractivity contribution in [3.63, 3.8) is 0 Å². The average Bonchev–Trinajstić information content (AvgIpc) is 2.91. The van der Waals surface area contributed by atoms with Crippen molar-refractivity contribution in [2.45, 2.75) is 13.5 Å². The number of aromatic nitrogens is 1. The van der Waals surface area contributed by atoms with Gasteiger partial charge in [0.25, 0.3) is 0 Å². The monoisotopic (exact) mass is 273 g/mol. The molecule has 0 amide bonds. The first-order chi connectivity index (χ1) is 10.2. The van der Waals surface area contributed by atoms with E-state index in [-0.39, 0.29) is 5.78 Å². The quantitative estimate of drug-likeness (QED) is 0.513. The Hall–Kier alpha value is -2.79. The smallest absolute Gasteiger partial charge is 0.159 e. The highest BCUT2D eigenvalue weighted by Gasteiger charge is 1.98. The summed E-state index contributed by atoms with van der Waals surface area (Å²) in [6, 6.07) is 17.8. The molecule has 0 aliphatic carbocycles. The van der Waals surface area contributed by atoms with Crippen LogP contribution in [0.2, 0.25) is 0 Å². The minimum absolute atomic E-state index is 0.0771. The molecule has 1 aromatic heterocycles. The Labute approximate surface area is 124 Å². The maximum Gasteiger partial charge on any atom is 0.159 e. The van der Waals surface area contributed by atoms with Crippen LogP contribution >= 0.6 is 0 Å². The van der Waals surface area contributed by atoms with E-state index in [0.29, 0.717) is 6.54 Å². The fraction of sp³-hybridized carbons (Fsp3) is 0.105. The minimum atomic E-state index is 0.0771. The van der Waals surface area contributed by atoms with Crippen molar-refractivity contribution in [2.24, 2.45) is 0 Å². The lowest BCUT2D eigenvalue weighted by Gasteiger charge is -1.99. The van der Waals surface area contributed by atoms with Crippen LogP contribution in [0, 0.1) is 11.8 Å². The van der Waals surface area contributed by atoms with Gasteiger partial charge in [0.05, 0.1) is 6.54 Å². The van der Waals surface area contributed by atoms with E-state index in [9.17, 15) is 4.79 Å². The topological polar surface area (TPSA) is 22.0 Å². The molecule has 3 aromatic rings. The number of ketones is 1. The third-order valence-corrected chi connectivity index (χ3v) is 3.45. The molecule has 3 rings (SSSR count). The van der Waals surface area contributed by atoms with Crippen LogP contribution in [0.3, 0.4) is 0 Å². The number of hydrogen-bond donors (Lipinski definition) is 0. The molecule has 0 bridgehead atoms. The largest absolute Gasteiger partial charge is 0.336 e. The lowest BCUT2D eigenvalue weighted by Crippen LogP contribution is -1.93. The fourth-order valence-corrected chi connectivity index (χ4v) is 2.29. The molecule has 0 saturated carbocycles. The molecule has 0 unspecified atom stereocenters. The summed E-state index contributed by atoms with van der Waals surface area (Å²) < 4.78 is 2.13. The summed E-state index contributed by atoms with van der Waals surface area (Å²) in [4.78, 5) is 11.2. The van der Waals surface area contributed by atoms with Gasteiger partial charge < -0.3 is 4.57 Å². The van der Waals surface area contributed by atoms with Gasteiger partial charge in [-0.25, -0.2) is 0 Å². The van der Waals surface area contributed by atoms with Gasteiger partial charge in [-0.3, -0.25) is 4.79 Å². The van der Waals surface area contributed by atoms with Gasteiger partial charge in [0.1, 0.15) is 0 Å². The Balaban J connectivity index is 1.77. The number of Topliss-reactive ketones (excluding diaryl/α,β-unsaturated/α-hetero) is 1. The van der Waals surface area contributed by atoms with Gasteiger partial charge >= 0.3 is 0 Å². The van der Waals surface area contributed by atoms with Crippen LogP contribution in [-0.4, -0.2) is 10.4 Å². The molecule has 0 aliphatic heterocycles. The van der Waals surface area contributed by atoms with Crippen LogP contribution in [0.1, 0.15) is 22.8 Å². The lowest BCUT2D eigenvalue weighted by atomic mass is 10.1. The third-order valence-electron chi connectivity index (χ3n) is 3.45. The molecule has 2 aromatic carbocycles. The number of hydrogen-bond acceptors (Lipinski definition) is 1. The van der Waals surface area contributed by atoms with E-state index in [1.54, 1.807) is 6.92 Å². The SMILES string of the molecule is CC(=O)c1ccc(C#CCn2ccc3ccccc32)cc1. The second-order valence-corrected chi connectivity index (χ2v) is 4.94. The number of fused-ring (bicyclic) bond motifs is 1. The number of nitrogens with zero attached hydrogens (tertiary/aromatic N) is 1. The Morgan fingerprint density at radius 1 is 1.05 bits per heavy atom. The van der Waals surface area contributed by atoms with Gasteiger partial charge in [-0.05, 0) is 36.6 Å². The second-order valence-electron chi connectivity index (χ2n) is 4.94. The Bertz CT molecular complexity index is 844. The number of benzene rings is 2. The van der Waals surface area contributed by atoms with E-state index >= 15 is 0 Å². The lowest BCUT2D eigenvalue weighted by molar-refractivity contribution is 0.101. The van der Waals surface area contributed by atoms with E-state index in [4.69, 9.17) is 0 Å². The molecular formula is C19H15NO. The summed E-state index contributed by atoms with van der Waals surface area (Å²) in [5.41, 5.74) is 2.84. The first-order valence-electron chi connectivity index (χ1n) is 6.88. The maximum absolute atomic E-state index is 11.2. The zero-order chi connectivity index (χ0) is 14.7. The average molecular weight is 273 g/mol. The molecule has 2 nitrogen and oxygen atoms in total. The predicted octanol–water partition coefficient (Wildman–Crippen LogP) is 3.90. The molecule has 2 heteroatoms. The summed E-state index contributed by atoms with van der Waals surface area (Å²) in [6.45, 7) is 2.22. The van der Waals surface area contributed by atoms with Crippen molar-refractivity contribution in [3.8, 4) is 11.8 Å². The zero-order valence-corrected chi connectivity index (χ0v) is 11.8. The number of carbonyl (C=O) groups is 1. The molecule has 0 saturated heterocycles. The van der Waals surface area contributed by atoms with Crippen molar-refractivity contribution < 1.29 is 4.79 Å². The standard InChI is InChI=1S/C19H15NO/c1-15(21)17-10-8-16(9-11-17)5-4-13-20-14-12-18-6-2-3-7-19(18)20/h2-3,6-12,14H,13H2,1H3. The van der Waals surface area contributed by atoms with Crippen molar-refractivity contribution in [1.29, 1.82) is 0 Å². The van der Waals surface area contributed by atoms with E-state index in [1.165, 1.54) is 10.9 Å². The van der Waals surface area contributed by atoms with Crippen molar-refractivity contribution >= 4 is 16.7 Å². The summed E-state index contributed by atoms with van der Waals surface area (Å²) in [7, 11) is 0. The van der Waals surface area contributed by atoms with Crippen LogP contribution in [0.5, 0.6) is 0 Å². The third kappa shape index (κ3) is 2.88. The van der Waals surface area contributed by atoms with Crippen LogP contribution < -0.4 is 0 Å². The highest BCUT2D eigenvalue weighted by atomic mass is 16.1. The predicted molar refractivity (Wildman–Crippen MR) is 85.3 cm³/mol. The van der Waals surface area contributed by atoms with Crippen LogP contribution in [0.25, 0.3) is 10.9 Å². The van der Waals surface area contributed by atoms with Crippen LogP contribution in [-0.2, 0) is 6.54 Å². The van der Waals surface area contributed by atoms with Gasteiger partial charge in [0.2, 0.25) is 0 Å². The van der Waals surface area contributed by atoms with E-state index in [2.05, 4.69) is 40.8 Å². The molecule has 1 heterocycles. The summed E-state index contributed by atoms with van der Waals surface area (Å²) in [5.74, 6) is 6.38. The first kappa shape index (κ1) is 13.2. The van der Waals surface area contributed by atoms with Crippen molar-refractivity contribution in [3.05, 3.63) is 71.9 Å². The van der Waals surface area contributed by atoms with E-state index < -0.39 is 0 Å². The Morgan fingerprint density at radius 2 is 1.81 bits per heavy atom. The fourth-order valence-electron chi connectivity index (χ4n) is 2.29. The molecular weight excluding hydrogens is 258 g/mol. The van der Waals surface area contributed by atoms with Crippen LogP contribution in [0.4, 0.5) is 0 Å². The molecule has 0 atom stereocenters. The number of carbonyl (C=O) groups excluding carboxylic acids is 1. The summed E-state index contributed by atoms with van der Waals surface area (Å²) in [5, 5.41) is 1.23. The van der Waals surface area contributed by atoms with Gasteiger partial charge in [-0.15, -0.1) is 0 Å². The van der Waals surface area contributed by atoms with Gasteiger partial charge in [-0.1, -0.05) is 42.2 Å². The molecule has 0 fully saturated rings. The van der Waals surface area contributed by atoms with Crippen molar-refractivity contribution in [2.75, 3.05) is 0 Å². The summed E-state index contributed by atoms with van der Waals surface area (Å²) in [6.07, 6.45) is 2.05. The van der Waals surface area contributed by atoms with Gasteiger partial charge in [0, 0.05) is 22.8 Å². The molecule has 102 valence electrons. The van der Waals surface area contributed by atoms with E-state index in [1.807, 2.05) is 36.4 Å². The molecule has 0 radical (unpaired) electrons. The molecule has 0 N–H and O–H groups in total. The normalized spacial score (nSPS) is 10.1. The maximum atomic E-state index is 11.2. The number of rotatable bonds is 2.